The van der Waals surface area contributed by atoms with Gasteiger partial charge in [-0.2, -0.15) is 0 Å². The van der Waals surface area contributed by atoms with Crippen LogP contribution >= 0.6 is 0 Å². The summed E-state index contributed by atoms with van der Waals surface area (Å²) in [6, 6.07) is 0.217. The highest BCUT2D eigenvalue weighted by molar-refractivity contribution is 5.81. The second kappa shape index (κ2) is 7.95. The van der Waals surface area contributed by atoms with Crippen molar-refractivity contribution in [2.24, 2.45) is 17.6 Å². The van der Waals surface area contributed by atoms with E-state index >= 15 is 0 Å². The highest BCUT2D eigenvalue weighted by Crippen LogP contribution is 2.24. The van der Waals surface area contributed by atoms with Crippen LogP contribution in [-0.2, 0) is 9.59 Å². The molecule has 2 unspecified atom stereocenters. The lowest BCUT2D eigenvalue weighted by molar-refractivity contribution is -0.142. The van der Waals surface area contributed by atoms with Crippen LogP contribution in [-0.4, -0.2) is 53.8 Å². The van der Waals surface area contributed by atoms with Crippen molar-refractivity contribution in [1.82, 2.24) is 9.80 Å². The van der Waals surface area contributed by atoms with Gasteiger partial charge in [0.2, 0.25) is 11.8 Å². The Labute approximate surface area is 134 Å². The van der Waals surface area contributed by atoms with Gasteiger partial charge in [0.15, 0.2) is 0 Å². The van der Waals surface area contributed by atoms with E-state index in [2.05, 4.69) is 6.92 Å². The van der Waals surface area contributed by atoms with E-state index in [-0.39, 0.29) is 23.8 Å². The number of nitrogens with zero attached hydrogens (tertiary/aromatic N) is 2. The molecule has 0 aliphatic carbocycles. The van der Waals surface area contributed by atoms with Gasteiger partial charge in [0, 0.05) is 38.6 Å². The molecule has 2 heterocycles. The van der Waals surface area contributed by atoms with Gasteiger partial charge in [0.25, 0.3) is 0 Å². The number of rotatable bonds is 4. The Morgan fingerprint density at radius 1 is 1.14 bits per heavy atom. The molecule has 2 aliphatic rings. The molecular weight excluding hydrogens is 278 g/mol. The van der Waals surface area contributed by atoms with Crippen molar-refractivity contribution in [3.63, 3.8) is 0 Å². The quantitative estimate of drug-likeness (QED) is 0.858. The summed E-state index contributed by atoms with van der Waals surface area (Å²) in [6.07, 6.45) is 5.35. The minimum atomic E-state index is 0.00130. The third-order valence-electron chi connectivity index (χ3n) is 5.18. The molecule has 0 aromatic rings. The van der Waals surface area contributed by atoms with Gasteiger partial charge >= 0.3 is 0 Å². The molecule has 22 heavy (non-hydrogen) atoms. The van der Waals surface area contributed by atoms with E-state index in [0.717, 1.165) is 51.7 Å². The fraction of sp³-hybridized carbons (Fsp3) is 0.882. The maximum absolute atomic E-state index is 12.7. The summed E-state index contributed by atoms with van der Waals surface area (Å²) in [6.45, 7) is 7.16. The van der Waals surface area contributed by atoms with Gasteiger partial charge in [-0.25, -0.2) is 0 Å². The molecule has 5 heteroatoms. The van der Waals surface area contributed by atoms with Crippen LogP contribution < -0.4 is 5.73 Å². The first-order chi connectivity index (χ1) is 10.5. The molecule has 0 radical (unpaired) electrons. The first-order valence-electron chi connectivity index (χ1n) is 8.85. The van der Waals surface area contributed by atoms with E-state index in [1.54, 1.807) is 0 Å². The molecular formula is C17H31N3O2. The van der Waals surface area contributed by atoms with Gasteiger partial charge in [-0.1, -0.05) is 6.92 Å². The molecule has 126 valence electrons. The third kappa shape index (κ3) is 4.22. The van der Waals surface area contributed by atoms with E-state index in [0.29, 0.717) is 18.9 Å². The highest BCUT2D eigenvalue weighted by atomic mass is 16.2. The van der Waals surface area contributed by atoms with E-state index in [4.69, 9.17) is 5.73 Å². The largest absolute Gasteiger partial charge is 0.342 e. The van der Waals surface area contributed by atoms with Crippen LogP contribution in [0, 0.1) is 11.8 Å². The summed E-state index contributed by atoms with van der Waals surface area (Å²) >= 11 is 0. The number of likely N-dealkylation sites (tertiary alicyclic amines) is 2. The molecule has 0 spiro atoms. The average Bonchev–Trinajstić information content (AvgIpc) is 2.54. The predicted molar refractivity (Wildman–Crippen MR) is 87.2 cm³/mol. The molecule has 2 aliphatic heterocycles. The van der Waals surface area contributed by atoms with Gasteiger partial charge in [-0.3, -0.25) is 9.59 Å². The molecule has 0 aromatic carbocycles. The Bertz CT molecular complexity index is 389. The van der Waals surface area contributed by atoms with Crippen LogP contribution in [0.25, 0.3) is 0 Å². The molecule has 2 rings (SSSR count). The molecule has 2 atom stereocenters. The van der Waals surface area contributed by atoms with Gasteiger partial charge in [0.05, 0.1) is 5.92 Å². The summed E-state index contributed by atoms with van der Waals surface area (Å²) in [7, 11) is 0. The van der Waals surface area contributed by atoms with Gasteiger partial charge < -0.3 is 15.5 Å². The van der Waals surface area contributed by atoms with Crippen LogP contribution in [0.15, 0.2) is 0 Å². The minimum absolute atomic E-state index is 0.00130. The zero-order valence-electron chi connectivity index (χ0n) is 14.1. The van der Waals surface area contributed by atoms with Gasteiger partial charge in [-0.05, 0) is 44.9 Å². The standard InChI is InChI=1S/C17H31N3O2/c1-3-5-16(21)20-9-4-6-15(12-20)17(22)19-10-7-14(8-11-19)13(2)18/h13-15H,3-12,18H2,1-2H3. The topological polar surface area (TPSA) is 66.6 Å². The molecule has 0 saturated carbocycles. The fourth-order valence-electron chi connectivity index (χ4n) is 3.68. The summed E-state index contributed by atoms with van der Waals surface area (Å²) in [5, 5.41) is 0. The maximum atomic E-state index is 12.7. The fourth-order valence-corrected chi connectivity index (χ4v) is 3.68. The number of hydrogen-bond acceptors (Lipinski definition) is 3. The number of amides is 2. The Morgan fingerprint density at radius 2 is 1.82 bits per heavy atom. The van der Waals surface area contributed by atoms with E-state index in [9.17, 15) is 9.59 Å². The summed E-state index contributed by atoms with van der Waals surface area (Å²) in [5.74, 6) is 0.993. The maximum Gasteiger partial charge on any atom is 0.227 e. The molecule has 5 nitrogen and oxygen atoms in total. The third-order valence-corrected chi connectivity index (χ3v) is 5.18. The second-order valence-electron chi connectivity index (χ2n) is 6.95. The first kappa shape index (κ1) is 17.3. The normalized spacial score (nSPS) is 25.1. The monoisotopic (exact) mass is 309 g/mol. The van der Waals surface area contributed by atoms with E-state index in [1.807, 2.05) is 16.7 Å². The van der Waals surface area contributed by atoms with Crippen molar-refractivity contribution in [3.05, 3.63) is 0 Å². The number of carbonyl (C=O) groups is 2. The lowest BCUT2D eigenvalue weighted by atomic mass is 9.89. The van der Waals surface area contributed by atoms with Crippen molar-refractivity contribution in [2.75, 3.05) is 26.2 Å². The number of carbonyl (C=O) groups excluding carboxylic acids is 2. The Morgan fingerprint density at radius 3 is 2.41 bits per heavy atom. The van der Waals surface area contributed by atoms with Crippen molar-refractivity contribution >= 4 is 11.8 Å². The molecule has 0 aromatic heterocycles. The van der Waals surface area contributed by atoms with Crippen LogP contribution in [0.3, 0.4) is 0 Å². The van der Waals surface area contributed by atoms with E-state index < -0.39 is 0 Å². The zero-order valence-corrected chi connectivity index (χ0v) is 14.1. The molecule has 0 bridgehead atoms. The van der Waals surface area contributed by atoms with Crippen LogP contribution in [0.4, 0.5) is 0 Å². The van der Waals surface area contributed by atoms with Crippen molar-refractivity contribution in [1.29, 1.82) is 0 Å². The smallest absolute Gasteiger partial charge is 0.227 e. The number of hydrogen-bond donors (Lipinski definition) is 1. The van der Waals surface area contributed by atoms with E-state index in [1.165, 1.54) is 0 Å². The molecule has 2 amide bonds. The van der Waals surface area contributed by atoms with Gasteiger partial charge in [-0.15, -0.1) is 0 Å². The molecule has 2 saturated heterocycles. The Balaban J connectivity index is 1.86. The lowest BCUT2D eigenvalue weighted by Gasteiger charge is -2.38. The lowest BCUT2D eigenvalue weighted by Crippen LogP contribution is -2.49. The first-order valence-corrected chi connectivity index (χ1v) is 8.85. The van der Waals surface area contributed by atoms with Crippen LogP contribution in [0.5, 0.6) is 0 Å². The van der Waals surface area contributed by atoms with Crippen molar-refractivity contribution in [3.8, 4) is 0 Å². The molecule has 2 N–H and O–H groups in total. The second-order valence-corrected chi connectivity index (χ2v) is 6.95. The predicted octanol–water partition coefficient (Wildman–Crippen LogP) is 1.61. The summed E-state index contributed by atoms with van der Waals surface area (Å²) in [5.41, 5.74) is 5.96. The average molecular weight is 309 g/mol. The van der Waals surface area contributed by atoms with Gasteiger partial charge in [0.1, 0.15) is 0 Å². The number of piperidine rings is 2. The zero-order chi connectivity index (χ0) is 16.1. The van der Waals surface area contributed by atoms with Crippen molar-refractivity contribution in [2.45, 2.75) is 58.4 Å². The van der Waals surface area contributed by atoms with Crippen LogP contribution in [0.1, 0.15) is 52.4 Å². The van der Waals surface area contributed by atoms with Crippen molar-refractivity contribution < 1.29 is 9.59 Å². The summed E-state index contributed by atoms with van der Waals surface area (Å²) in [4.78, 5) is 28.7. The SMILES string of the molecule is CCCC(=O)N1CCCC(C(=O)N2CCC(C(C)N)CC2)C1. The Kier molecular flexibility index (Phi) is 6.24. The molecule has 2 fully saturated rings. The minimum Gasteiger partial charge on any atom is -0.342 e. The highest BCUT2D eigenvalue weighted by Gasteiger charge is 2.33. The Hall–Kier alpha value is -1.10. The summed E-state index contributed by atoms with van der Waals surface area (Å²) < 4.78 is 0. The van der Waals surface area contributed by atoms with Crippen LogP contribution in [0.2, 0.25) is 0 Å². The number of nitrogens with two attached hydrogens (primary N) is 1.